The number of benzene rings is 1. The summed E-state index contributed by atoms with van der Waals surface area (Å²) >= 11 is 3.35. The van der Waals surface area contributed by atoms with Crippen LogP contribution in [0.15, 0.2) is 33.8 Å². The third kappa shape index (κ3) is 3.97. The van der Waals surface area contributed by atoms with E-state index in [9.17, 15) is 9.59 Å². The van der Waals surface area contributed by atoms with Crippen LogP contribution >= 0.6 is 15.9 Å². The summed E-state index contributed by atoms with van der Waals surface area (Å²) in [6.07, 6.45) is 4.04. The van der Waals surface area contributed by atoms with E-state index < -0.39 is 0 Å². The molecule has 1 aromatic carbocycles. The zero-order valence-corrected chi connectivity index (χ0v) is 14.3. The number of nitrogens with one attached hydrogen (secondary N) is 1. The molecular weight excluding hydrogens is 360 g/mol. The highest BCUT2D eigenvalue weighted by atomic mass is 79.9. The van der Waals surface area contributed by atoms with Gasteiger partial charge in [0.2, 0.25) is 5.91 Å². The summed E-state index contributed by atoms with van der Waals surface area (Å²) in [6, 6.07) is 5.42. The van der Waals surface area contributed by atoms with Crippen LogP contribution in [0.25, 0.3) is 10.9 Å². The second-order valence-electron chi connectivity index (χ2n) is 5.96. The Morgan fingerprint density at radius 2 is 2.26 bits per heavy atom. The van der Waals surface area contributed by atoms with E-state index >= 15 is 0 Å². The van der Waals surface area contributed by atoms with Gasteiger partial charge in [-0.25, -0.2) is 4.98 Å². The number of rotatable bonds is 6. The number of carbonyl (C=O) groups excluding carboxylic acids is 1. The van der Waals surface area contributed by atoms with Crippen LogP contribution in [-0.2, 0) is 11.3 Å². The summed E-state index contributed by atoms with van der Waals surface area (Å²) in [7, 11) is 0. The van der Waals surface area contributed by atoms with Gasteiger partial charge in [0.05, 0.1) is 17.2 Å². The van der Waals surface area contributed by atoms with E-state index in [1.807, 2.05) is 6.07 Å². The van der Waals surface area contributed by atoms with Gasteiger partial charge in [0, 0.05) is 30.0 Å². The van der Waals surface area contributed by atoms with Crippen molar-refractivity contribution >= 4 is 32.7 Å². The van der Waals surface area contributed by atoms with Crippen molar-refractivity contribution in [2.75, 3.05) is 6.54 Å². The van der Waals surface area contributed by atoms with E-state index in [0.29, 0.717) is 29.9 Å². The van der Waals surface area contributed by atoms with E-state index in [0.717, 1.165) is 17.3 Å². The summed E-state index contributed by atoms with van der Waals surface area (Å²) in [5.74, 6) is 0.461. The van der Waals surface area contributed by atoms with Crippen molar-refractivity contribution in [1.82, 2.24) is 14.9 Å². The van der Waals surface area contributed by atoms with Gasteiger partial charge >= 0.3 is 0 Å². The minimum absolute atomic E-state index is 0.0429. The fourth-order valence-electron chi connectivity index (χ4n) is 2.52. The van der Waals surface area contributed by atoms with Crippen LogP contribution in [0.1, 0.15) is 19.3 Å². The van der Waals surface area contributed by atoms with Crippen molar-refractivity contribution in [3.63, 3.8) is 0 Å². The van der Waals surface area contributed by atoms with Crippen molar-refractivity contribution in [2.45, 2.75) is 31.8 Å². The van der Waals surface area contributed by atoms with Gasteiger partial charge < -0.3 is 11.1 Å². The molecule has 1 aliphatic rings. The van der Waals surface area contributed by atoms with E-state index in [2.05, 4.69) is 26.2 Å². The molecule has 0 saturated heterocycles. The van der Waals surface area contributed by atoms with E-state index in [1.54, 1.807) is 12.1 Å². The van der Waals surface area contributed by atoms with Gasteiger partial charge in [-0.15, -0.1) is 0 Å². The van der Waals surface area contributed by atoms with E-state index in [-0.39, 0.29) is 23.9 Å². The standard InChI is InChI=1S/C16H19BrN4O2/c17-11-3-4-14-12(7-11)16(23)21(9-20-14)6-5-15(22)19-8-13(18)10-1-2-10/h3-4,7,9-10,13H,1-2,5-6,8,18H2,(H,19,22). The number of hydrogen-bond donors (Lipinski definition) is 2. The van der Waals surface area contributed by atoms with E-state index in [1.165, 1.54) is 10.9 Å². The SMILES string of the molecule is NC(CNC(=O)CCn1cnc2ccc(Br)cc2c1=O)C1CC1. The average Bonchev–Trinajstić information content (AvgIpc) is 3.37. The Morgan fingerprint density at radius 3 is 3.00 bits per heavy atom. The normalized spacial score (nSPS) is 15.6. The topological polar surface area (TPSA) is 90.0 Å². The number of halogens is 1. The highest BCUT2D eigenvalue weighted by molar-refractivity contribution is 9.10. The molecule has 1 amide bonds. The van der Waals surface area contributed by atoms with E-state index in [4.69, 9.17) is 5.73 Å². The second kappa shape index (κ2) is 6.80. The number of amides is 1. The minimum atomic E-state index is -0.140. The van der Waals surface area contributed by atoms with Crippen LogP contribution in [-0.4, -0.2) is 28.0 Å². The molecule has 1 atom stereocenters. The van der Waals surface area contributed by atoms with Gasteiger partial charge in [0.1, 0.15) is 0 Å². The lowest BCUT2D eigenvalue weighted by molar-refractivity contribution is -0.121. The van der Waals surface area contributed by atoms with Crippen LogP contribution < -0.4 is 16.6 Å². The molecule has 7 heteroatoms. The average molecular weight is 379 g/mol. The quantitative estimate of drug-likeness (QED) is 0.794. The number of carbonyl (C=O) groups is 1. The largest absolute Gasteiger partial charge is 0.354 e. The van der Waals surface area contributed by atoms with Crippen LogP contribution in [0.2, 0.25) is 0 Å². The predicted molar refractivity (Wildman–Crippen MR) is 92.0 cm³/mol. The van der Waals surface area contributed by atoms with Crippen molar-refractivity contribution in [1.29, 1.82) is 0 Å². The summed E-state index contributed by atoms with van der Waals surface area (Å²) in [6.45, 7) is 0.806. The lowest BCUT2D eigenvalue weighted by atomic mass is 10.2. The Balaban J connectivity index is 1.61. The zero-order chi connectivity index (χ0) is 16.4. The molecule has 1 heterocycles. The Hall–Kier alpha value is -1.73. The Bertz CT molecular complexity index is 785. The number of nitrogens with two attached hydrogens (primary N) is 1. The molecule has 2 aromatic rings. The summed E-state index contributed by atoms with van der Waals surface area (Å²) in [5.41, 5.74) is 6.46. The third-order valence-electron chi connectivity index (χ3n) is 4.13. The number of nitrogens with zero attached hydrogens (tertiary/aromatic N) is 2. The predicted octanol–water partition coefficient (Wildman–Crippen LogP) is 1.40. The van der Waals surface area contributed by atoms with Crippen LogP contribution in [0, 0.1) is 5.92 Å². The van der Waals surface area contributed by atoms with Gasteiger partial charge in [-0.2, -0.15) is 0 Å². The third-order valence-corrected chi connectivity index (χ3v) is 4.62. The first-order chi connectivity index (χ1) is 11.0. The van der Waals surface area contributed by atoms with Crippen molar-refractivity contribution in [3.8, 4) is 0 Å². The van der Waals surface area contributed by atoms with Crippen LogP contribution in [0.5, 0.6) is 0 Å². The fraction of sp³-hybridized carbons (Fsp3) is 0.438. The lowest BCUT2D eigenvalue weighted by Crippen LogP contribution is -2.39. The maximum Gasteiger partial charge on any atom is 0.261 e. The molecule has 0 bridgehead atoms. The molecule has 1 fully saturated rings. The molecule has 6 nitrogen and oxygen atoms in total. The summed E-state index contributed by atoms with van der Waals surface area (Å²) < 4.78 is 2.29. The molecule has 122 valence electrons. The summed E-state index contributed by atoms with van der Waals surface area (Å²) in [4.78, 5) is 28.5. The maximum absolute atomic E-state index is 12.4. The number of aromatic nitrogens is 2. The maximum atomic E-state index is 12.4. The Labute approximate surface area is 142 Å². The molecule has 23 heavy (non-hydrogen) atoms. The smallest absolute Gasteiger partial charge is 0.261 e. The Kier molecular flexibility index (Phi) is 4.77. The molecule has 1 saturated carbocycles. The first kappa shape index (κ1) is 16.1. The van der Waals surface area contributed by atoms with Crippen LogP contribution in [0.4, 0.5) is 0 Å². The van der Waals surface area contributed by atoms with Crippen molar-refractivity contribution in [2.24, 2.45) is 11.7 Å². The lowest BCUT2D eigenvalue weighted by Gasteiger charge is -2.12. The van der Waals surface area contributed by atoms with Gasteiger partial charge in [0.15, 0.2) is 0 Å². The molecule has 1 aliphatic carbocycles. The molecule has 0 radical (unpaired) electrons. The highest BCUT2D eigenvalue weighted by Crippen LogP contribution is 2.31. The zero-order valence-electron chi connectivity index (χ0n) is 12.7. The van der Waals surface area contributed by atoms with Gasteiger partial charge in [-0.1, -0.05) is 15.9 Å². The molecule has 0 spiro atoms. The van der Waals surface area contributed by atoms with Gasteiger partial charge in [-0.05, 0) is 37.0 Å². The molecule has 3 rings (SSSR count). The van der Waals surface area contributed by atoms with Gasteiger partial charge in [0.25, 0.3) is 5.56 Å². The van der Waals surface area contributed by atoms with Crippen LogP contribution in [0.3, 0.4) is 0 Å². The monoisotopic (exact) mass is 378 g/mol. The second-order valence-corrected chi connectivity index (χ2v) is 6.88. The number of aryl methyl sites for hydroxylation is 1. The molecule has 1 unspecified atom stereocenters. The molecule has 1 aromatic heterocycles. The molecule has 0 aliphatic heterocycles. The highest BCUT2D eigenvalue weighted by Gasteiger charge is 2.28. The Morgan fingerprint density at radius 1 is 1.48 bits per heavy atom. The number of fused-ring (bicyclic) bond motifs is 1. The molecule has 3 N–H and O–H groups in total. The summed E-state index contributed by atoms with van der Waals surface area (Å²) in [5, 5.41) is 3.37. The van der Waals surface area contributed by atoms with Gasteiger partial charge in [-0.3, -0.25) is 14.2 Å². The molecular formula is C16H19BrN4O2. The minimum Gasteiger partial charge on any atom is -0.354 e. The first-order valence-electron chi connectivity index (χ1n) is 7.71. The first-order valence-corrected chi connectivity index (χ1v) is 8.51. The fourth-order valence-corrected chi connectivity index (χ4v) is 2.88. The van der Waals surface area contributed by atoms with Crippen molar-refractivity contribution in [3.05, 3.63) is 39.4 Å². The number of hydrogen-bond acceptors (Lipinski definition) is 4. The van der Waals surface area contributed by atoms with Crippen molar-refractivity contribution < 1.29 is 4.79 Å².